The minimum Gasteiger partial charge on any atom is -0.288 e. The molecule has 0 saturated heterocycles. The van der Waals surface area contributed by atoms with E-state index >= 15 is 0 Å². The van der Waals surface area contributed by atoms with Crippen LogP contribution in [0.25, 0.3) is 0 Å². The summed E-state index contributed by atoms with van der Waals surface area (Å²) in [6, 6.07) is 15.2. The number of hydrogen-bond acceptors (Lipinski definition) is 2. The molecule has 1 heterocycles. The lowest BCUT2D eigenvalue weighted by atomic mass is 9.65. The molecular formula is C15H11BNO. The number of hydrogen-bond donors (Lipinski definition) is 0. The number of aliphatic imine (C=N–C) groups is 1. The highest BCUT2D eigenvalue weighted by atomic mass is 16.1. The van der Waals surface area contributed by atoms with Gasteiger partial charge in [0.2, 0.25) is 7.28 Å². The van der Waals surface area contributed by atoms with E-state index in [4.69, 9.17) is 0 Å². The molecule has 0 saturated carbocycles. The van der Waals surface area contributed by atoms with Crippen molar-refractivity contribution in [3.8, 4) is 0 Å². The smallest absolute Gasteiger partial charge is 0.225 e. The van der Waals surface area contributed by atoms with Crippen molar-refractivity contribution < 1.29 is 4.79 Å². The van der Waals surface area contributed by atoms with E-state index in [1.165, 1.54) is 5.56 Å². The van der Waals surface area contributed by atoms with Gasteiger partial charge in [-0.15, -0.1) is 0 Å². The summed E-state index contributed by atoms with van der Waals surface area (Å²) < 4.78 is 0. The maximum atomic E-state index is 12.2. The molecule has 85 valence electrons. The van der Waals surface area contributed by atoms with Crippen LogP contribution in [0.4, 0.5) is 5.69 Å². The molecule has 0 spiro atoms. The van der Waals surface area contributed by atoms with Gasteiger partial charge in [-0.3, -0.25) is 9.79 Å². The van der Waals surface area contributed by atoms with Gasteiger partial charge in [0.05, 0.1) is 11.3 Å². The van der Waals surface area contributed by atoms with Crippen LogP contribution in [0.3, 0.4) is 0 Å². The molecule has 3 rings (SSSR count). The second kappa shape index (κ2) is 4.26. The van der Waals surface area contributed by atoms with Crippen molar-refractivity contribution in [2.24, 2.45) is 4.99 Å². The van der Waals surface area contributed by atoms with E-state index in [9.17, 15) is 4.79 Å². The molecule has 1 radical (unpaired) electrons. The van der Waals surface area contributed by atoms with E-state index in [1.54, 1.807) is 0 Å². The standard InChI is InChI=1S/C15H11BNO/c1-10-7-8-13-12(9-10)16-15(17-13)14(18)11-5-3-2-4-6-11/h2-9H,1H3. The molecule has 0 amide bonds. The first kappa shape index (κ1) is 11.0. The van der Waals surface area contributed by atoms with Crippen LogP contribution in [0, 0.1) is 6.92 Å². The topological polar surface area (TPSA) is 29.4 Å². The van der Waals surface area contributed by atoms with E-state index in [2.05, 4.69) is 4.99 Å². The zero-order valence-electron chi connectivity index (χ0n) is 10.1. The summed E-state index contributed by atoms with van der Waals surface area (Å²) in [5.74, 6) is -0.0237. The Morgan fingerprint density at radius 3 is 2.67 bits per heavy atom. The third-order valence-corrected chi connectivity index (χ3v) is 2.98. The number of ketones is 1. The van der Waals surface area contributed by atoms with Crippen LogP contribution in [0.1, 0.15) is 15.9 Å². The average Bonchev–Trinajstić information content (AvgIpc) is 2.81. The van der Waals surface area contributed by atoms with Crippen molar-refractivity contribution >= 4 is 29.8 Å². The predicted molar refractivity (Wildman–Crippen MR) is 74.4 cm³/mol. The van der Waals surface area contributed by atoms with Crippen LogP contribution in [0.5, 0.6) is 0 Å². The summed E-state index contributed by atoms with van der Waals surface area (Å²) in [5.41, 5.74) is 4.27. The van der Waals surface area contributed by atoms with Gasteiger partial charge in [0.1, 0.15) is 0 Å². The molecule has 1 aliphatic heterocycles. The van der Waals surface area contributed by atoms with Crippen LogP contribution in [0.2, 0.25) is 0 Å². The Morgan fingerprint density at radius 1 is 1.11 bits per heavy atom. The minimum atomic E-state index is -0.0237. The van der Waals surface area contributed by atoms with Crippen molar-refractivity contribution in [1.29, 1.82) is 0 Å². The number of nitrogens with zero attached hydrogens (tertiary/aromatic N) is 1. The first-order chi connectivity index (χ1) is 8.74. The number of aryl methyl sites for hydroxylation is 1. The van der Waals surface area contributed by atoms with E-state index < -0.39 is 0 Å². The first-order valence-corrected chi connectivity index (χ1v) is 5.88. The maximum Gasteiger partial charge on any atom is 0.225 e. The van der Waals surface area contributed by atoms with Crippen molar-refractivity contribution in [3.05, 3.63) is 59.7 Å². The lowest BCUT2D eigenvalue weighted by Gasteiger charge is -1.98. The second-order valence-electron chi connectivity index (χ2n) is 4.40. The zero-order chi connectivity index (χ0) is 12.5. The SMILES string of the molecule is Cc1ccc2c(c1)[B]C(C(=O)c1ccccc1)=N2. The van der Waals surface area contributed by atoms with Crippen LogP contribution < -0.4 is 5.46 Å². The number of fused-ring (bicyclic) bond motifs is 1. The first-order valence-electron chi connectivity index (χ1n) is 5.88. The highest BCUT2D eigenvalue weighted by Crippen LogP contribution is 2.17. The van der Waals surface area contributed by atoms with Gasteiger partial charge >= 0.3 is 0 Å². The fourth-order valence-electron chi connectivity index (χ4n) is 2.05. The molecule has 3 heteroatoms. The van der Waals surface area contributed by atoms with Crippen molar-refractivity contribution in [3.63, 3.8) is 0 Å². The molecule has 2 nitrogen and oxygen atoms in total. The molecule has 18 heavy (non-hydrogen) atoms. The Hall–Kier alpha value is -2.16. The molecular weight excluding hydrogens is 221 g/mol. The highest BCUT2D eigenvalue weighted by molar-refractivity contribution is 7.00. The summed E-state index contributed by atoms with van der Waals surface area (Å²) in [4.78, 5) is 16.6. The number of Topliss-reactive ketones (excluding diaryl/α,β-unsaturated/α-hetero) is 1. The molecule has 2 aromatic carbocycles. The average molecular weight is 232 g/mol. The summed E-state index contributed by atoms with van der Waals surface area (Å²) in [6.45, 7) is 2.03. The maximum absolute atomic E-state index is 12.2. The van der Waals surface area contributed by atoms with Gasteiger partial charge in [0.15, 0.2) is 5.78 Å². The summed E-state index contributed by atoms with van der Waals surface area (Å²) >= 11 is 0. The van der Waals surface area contributed by atoms with Crippen molar-refractivity contribution in [1.82, 2.24) is 0 Å². The number of carbonyl (C=O) groups excluding carboxylic acids is 1. The zero-order valence-corrected chi connectivity index (χ0v) is 10.1. The molecule has 1 aliphatic rings. The van der Waals surface area contributed by atoms with Gasteiger partial charge in [0, 0.05) is 5.56 Å². The lowest BCUT2D eigenvalue weighted by Crippen LogP contribution is -2.25. The Kier molecular flexibility index (Phi) is 2.60. The predicted octanol–water partition coefficient (Wildman–Crippen LogP) is 2.25. The van der Waals surface area contributed by atoms with Gasteiger partial charge in [-0.2, -0.15) is 0 Å². The summed E-state index contributed by atoms with van der Waals surface area (Å²) in [6.07, 6.45) is 0. The molecule has 0 aromatic heterocycles. The van der Waals surface area contributed by atoms with Crippen LogP contribution >= 0.6 is 0 Å². The van der Waals surface area contributed by atoms with Gasteiger partial charge < -0.3 is 0 Å². The number of rotatable bonds is 2. The Labute approximate surface area is 107 Å². The Bertz CT molecular complexity index is 647. The van der Waals surface area contributed by atoms with Crippen LogP contribution in [-0.4, -0.2) is 18.7 Å². The lowest BCUT2D eigenvalue weighted by molar-refractivity contribution is 0.106. The number of benzene rings is 2. The van der Waals surface area contributed by atoms with E-state index in [0.29, 0.717) is 11.2 Å². The Morgan fingerprint density at radius 2 is 1.89 bits per heavy atom. The third-order valence-electron chi connectivity index (χ3n) is 2.98. The van der Waals surface area contributed by atoms with Gasteiger partial charge in [0.25, 0.3) is 0 Å². The van der Waals surface area contributed by atoms with Crippen LogP contribution in [-0.2, 0) is 0 Å². The fraction of sp³-hybridized carbons (Fsp3) is 0.0667. The van der Waals surface area contributed by atoms with Gasteiger partial charge in [-0.25, -0.2) is 0 Å². The Balaban J connectivity index is 1.92. The van der Waals surface area contributed by atoms with E-state index in [-0.39, 0.29) is 5.78 Å². The van der Waals surface area contributed by atoms with Gasteiger partial charge in [-0.1, -0.05) is 53.5 Å². The monoisotopic (exact) mass is 232 g/mol. The van der Waals surface area contributed by atoms with E-state index in [0.717, 1.165) is 11.2 Å². The van der Waals surface area contributed by atoms with E-state index in [1.807, 2.05) is 62.7 Å². The fourth-order valence-corrected chi connectivity index (χ4v) is 2.05. The van der Waals surface area contributed by atoms with Crippen LogP contribution in [0.15, 0.2) is 53.5 Å². The second-order valence-corrected chi connectivity index (χ2v) is 4.40. The molecule has 2 aromatic rings. The normalized spacial score (nSPS) is 12.6. The summed E-state index contributed by atoms with van der Waals surface area (Å²) in [7, 11) is 1.86. The van der Waals surface area contributed by atoms with Gasteiger partial charge in [-0.05, 0) is 13.0 Å². The molecule has 0 aliphatic carbocycles. The molecule has 0 atom stereocenters. The number of carbonyl (C=O) groups is 1. The summed E-state index contributed by atoms with van der Waals surface area (Å²) in [5, 5.41) is 0. The molecule has 0 bridgehead atoms. The largest absolute Gasteiger partial charge is 0.288 e. The molecule has 0 unspecified atom stereocenters. The van der Waals surface area contributed by atoms with Crippen molar-refractivity contribution in [2.45, 2.75) is 6.92 Å². The third kappa shape index (κ3) is 1.88. The molecule has 0 N–H and O–H groups in total. The molecule has 0 fully saturated rings. The van der Waals surface area contributed by atoms with Crippen molar-refractivity contribution in [2.75, 3.05) is 0 Å². The minimum absolute atomic E-state index is 0.0237. The highest BCUT2D eigenvalue weighted by Gasteiger charge is 2.22. The quantitative estimate of drug-likeness (QED) is 0.576.